The summed E-state index contributed by atoms with van der Waals surface area (Å²) in [6.07, 6.45) is 14.6. The first-order chi connectivity index (χ1) is 38.4. The van der Waals surface area contributed by atoms with Crippen LogP contribution < -0.4 is 0 Å². The monoisotopic (exact) mass is 1180 g/mol. The van der Waals surface area contributed by atoms with Gasteiger partial charge in [-0.05, 0) is 140 Å². The fourth-order valence-electron chi connectivity index (χ4n) is 8.98. The molecule has 0 aliphatic rings. The largest absolute Gasteiger partial charge is 0.255 e. The second kappa shape index (κ2) is 35.9. The van der Waals surface area contributed by atoms with Crippen LogP contribution in [0.4, 0.5) is 22.7 Å². The molecule has 0 unspecified atom stereocenters. The van der Waals surface area contributed by atoms with E-state index in [9.17, 15) is 0 Å². The van der Waals surface area contributed by atoms with Crippen LogP contribution in [0.25, 0.3) is 0 Å². The Kier molecular flexibility index (Phi) is 30.4. The van der Waals surface area contributed by atoms with Crippen molar-refractivity contribution in [3.05, 3.63) is 238 Å². The van der Waals surface area contributed by atoms with Gasteiger partial charge in [-0.1, -0.05) is 208 Å². The molecule has 8 rings (SSSR count). The summed E-state index contributed by atoms with van der Waals surface area (Å²) < 4.78 is 0. The van der Waals surface area contributed by atoms with E-state index in [1.54, 1.807) is 24.8 Å². The summed E-state index contributed by atoms with van der Waals surface area (Å²) in [6, 6.07) is 49.3. The Labute approximate surface area is 513 Å². The van der Waals surface area contributed by atoms with E-state index in [2.05, 4.69) is 204 Å². The molecule has 0 N–H and O–H groups in total. The molecule has 0 fully saturated rings. The number of rotatable bonds is 16. The number of para-hydroxylation sites is 4. The fourth-order valence-corrected chi connectivity index (χ4v) is 8.98. The summed E-state index contributed by atoms with van der Waals surface area (Å²) in [5, 5.41) is 0. The topological polar surface area (TPSA) is 101 Å². The summed E-state index contributed by atoms with van der Waals surface area (Å²) in [5.41, 5.74) is 18.3. The first kappa shape index (κ1) is 69.4. The number of aliphatic imine (C=N–C) groups is 4. The van der Waals surface area contributed by atoms with Gasteiger partial charge in [-0.3, -0.25) is 39.9 Å². The van der Waals surface area contributed by atoms with Gasteiger partial charge >= 0.3 is 0 Å². The van der Waals surface area contributed by atoms with Crippen LogP contribution in [-0.2, 0) is 33.6 Å². The minimum Gasteiger partial charge on any atom is -0.255 e. The van der Waals surface area contributed by atoms with Crippen LogP contribution in [0.5, 0.6) is 0 Å². The van der Waals surface area contributed by atoms with Gasteiger partial charge in [0.1, 0.15) is 0 Å². The molecule has 0 aliphatic heterocycles. The third-order valence-corrected chi connectivity index (χ3v) is 13.4. The van der Waals surface area contributed by atoms with E-state index in [-0.39, 0.29) is 33.6 Å². The van der Waals surface area contributed by atoms with Gasteiger partial charge in [0.05, 0.1) is 70.4 Å². The first-order valence-corrected chi connectivity index (χ1v) is 28.7. The van der Waals surface area contributed by atoms with Crippen molar-refractivity contribution in [2.45, 2.75) is 158 Å². The van der Waals surface area contributed by atoms with Crippen LogP contribution in [0.15, 0.2) is 190 Å². The predicted molar refractivity (Wildman–Crippen MR) is 344 cm³/mol. The van der Waals surface area contributed by atoms with Gasteiger partial charge in [0.15, 0.2) is 0 Å². The molecule has 0 aliphatic carbocycles. The predicted octanol–water partition coefficient (Wildman–Crippen LogP) is 20.3. The van der Waals surface area contributed by atoms with Crippen molar-refractivity contribution in [3.8, 4) is 0 Å². The van der Waals surface area contributed by atoms with E-state index in [4.69, 9.17) is 20.0 Å². The number of nitrogens with zero attached hydrogens (tertiary/aromatic N) is 8. The van der Waals surface area contributed by atoms with Gasteiger partial charge in [0.2, 0.25) is 0 Å². The maximum Gasteiger partial charge on any atom is 0.0812 e. The van der Waals surface area contributed by atoms with E-state index in [1.165, 1.54) is 44.5 Å². The standard InChI is InChI=1S/4C18H22N2.2Co/c4*1-13(2)16-9-7-10-17(14(3)4)18(16)20-12-15-8-5-6-11-19-15;;/h4*5-14H,1-4H3;;. The zero-order valence-corrected chi connectivity index (χ0v) is 53.4. The van der Waals surface area contributed by atoms with E-state index >= 15 is 0 Å². The van der Waals surface area contributed by atoms with E-state index < -0.39 is 0 Å². The molecule has 4 aromatic heterocycles. The number of benzene rings is 4. The van der Waals surface area contributed by atoms with Gasteiger partial charge < -0.3 is 0 Å². The fraction of sp³-hybridized carbons (Fsp3) is 0.333. The third kappa shape index (κ3) is 21.5. The molecule has 0 bridgehead atoms. The Morgan fingerprint density at radius 3 is 0.512 bits per heavy atom. The molecule has 0 atom stereocenters. The molecule has 82 heavy (non-hydrogen) atoms. The molecule has 8 nitrogen and oxygen atoms in total. The molecule has 4 heterocycles. The average Bonchev–Trinajstić information content (AvgIpc) is 3.45. The number of pyridine rings is 4. The molecule has 0 spiro atoms. The van der Waals surface area contributed by atoms with Gasteiger partial charge in [0.25, 0.3) is 0 Å². The molecular weight excluding hydrogens is 1090 g/mol. The number of hydrogen-bond donors (Lipinski definition) is 0. The van der Waals surface area contributed by atoms with Crippen LogP contribution in [0, 0.1) is 0 Å². The summed E-state index contributed by atoms with van der Waals surface area (Å²) in [6.45, 7) is 35.3. The quantitative estimate of drug-likeness (QED) is 0.0900. The zero-order chi connectivity index (χ0) is 58.1. The van der Waals surface area contributed by atoms with Gasteiger partial charge in [-0.25, -0.2) is 0 Å². The Bertz CT molecular complexity index is 2680. The van der Waals surface area contributed by atoms with Crippen molar-refractivity contribution in [1.82, 2.24) is 19.9 Å². The summed E-state index contributed by atoms with van der Waals surface area (Å²) in [7, 11) is 0. The molecular formula is C72H88Co2N8. The summed E-state index contributed by atoms with van der Waals surface area (Å²) in [5.74, 6) is 3.70. The number of aromatic nitrogens is 4. The second-order valence-corrected chi connectivity index (χ2v) is 22.4. The van der Waals surface area contributed by atoms with Crippen molar-refractivity contribution in [2.75, 3.05) is 0 Å². The normalized spacial score (nSPS) is 11.4. The van der Waals surface area contributed by atoms with Gasteiger partial charge in [0, 0.05) is 58.3 Å². The van der Waals surface area contributed by atoms with E-state index in [0.717, 1.165) is 45.5 Å². The van der Waals surface area contributed by atoms with Crippen molar-refractivity contribution in [1.29, 1.82) is 0 Å². The van der Waals surface area contributed by atoms with E-state index in [0.29, 0.717) is 47.3 Å². The van der Waals surface area contributed by atoms with E-state index in [1.807, 2.05) is 97.7 Å². The van der Waals surface area contributed by atoms with Crippen LogP contribution in [0.1, 0.15) is 225 Å². The molecule has 0 saturated carbocycles. The Morgan fingerprint density at radius 2 is 0.390 bits per heavy atom. The SMILES string of the molecule is CC(C)c1cccc(C(C)C)c1N=Cc1ccccn1.CC(C)c1cccc(C(C)C)c1N=Cc1ccccn1.CC(C)c1cccc(C(C)C)c1N=Cc1ccccn1.CC(C)c1cccc(C(C)C)c1N=Cc1ccccn1.[Co].[Co]. The minimum absolute atomic E-state index is 0. The maximum atomic E-state index is 4.73. The molecule has 10 heteroatoms. The first-order valence-electron chi connectivity index (χ1n) is 28.7. The third-order valence-electron chi connectivity index (χ3n) is 13.4. The molecule has 434 valence electrons. The van der Waals surface area contributed by atoms with Crippen LogP contribution in [-0.4, -0.2) is 44.8 Å². The Balaban J connectivity index is 0.000000285. The van der Waals surface area contributed by atoms with Gasteiger partial charge in [-0.15, -0.1) is 0 Å². The summed E-state index contributed by atoms with van der Waals surface area (Å²) in [4.78, 5) is 36.1. The second-order valence-electron chi connectivity index (χ2n) is 22.4. The molecule has 0 saturated heterocycles. The van der Waals surface area contributed by atoms with Crippen molar-refractivity contribution in [3.63, 3.8) is 0 Å². The molecule has 4 aromatic carbocycles. The van der Waals surface area contributed by atoms with Crippen LogP contribution in [0.2, 0.25) is 0 Å². The Morgan fingerprint density at radius 1 is 0.232 bits per heavy atom. The van der Waals surface area contributed by atoms with Crippen molar-refractivity contribution < 1.29 is 33.6 Å². The average molecular weight is 1180 g/mol. The van der Waals surface area contributed by atoms with Crippen molar-refractivity contribution in [2.24, 2.45) is 20.0 Å². The minimum atomic E-state index is 0. The van der Waals surface area contributed by atoms with Crippen LogP contribution in [0.3, 0.4) is 0 Å². The number of hydrogen-bond acceptors (Lipinski definition) is 8. The Hall–Kier alpha value is -6.83. The molecule has 8 aromatic rings. The zero-order valence-electron chi connectivity index (χ0n) is 51.3. The smallest absolute Gasteiger partial charge is 0.0812 e. The summed E-state index contributed by atoms with van der Waals surface area (Å²) >= 11 is 0. The maximum absolute atomic E-state index is 4.73. The van der Waals surface area contributed by atoms with Crippen LogP contribution >= 0.6 is 0 Å². The molecule has 0 amide bonds. The van der Waals surface area contributed by atoms with Gasteiger partial charge in [-0.2, -0.15) is 0 Å². The van der Waals surface area contributed by atoms with Crippen molar-refractivity contribution >= 4 is 47.6 Å². The molecule has 2 radical (unpaired) electrons.